The number of rotatable bonds is 6. The van der Waals surface area contributed by atoms with Gasteiger partial charge < -0.3 is 29.5 Å². The maximum absolute atomic E-state index is 8.71. The van der Waals surface area contributed by atoms with Gasteiger partial charge in [-0.3, -0.25) is 0 Å². The van der Waals surface area contributed by atoms with Gasteiger partial charge in [0.2, 0.25) is 0 Å². The van der Waals surface area contributed by atoms with Crippen molar-refractivity contribution >= 4 is 0 Å². The maximum Gasteiger partial charge on any atom is 0.156 e. The standard InChI is InChI=1S/3C5H12O2.Y/c3*1-4(2)5(6)7-3;/h3*4-6H,1-3H3;. The van der Waals surface area contributed by atoms with Crippen molar-refractivity contribution in [2.45, 2.75) is 60.4 Å². The second-order valence-electron chi connectivity index (χ2n) is 5.61. The van der Waals surface area contributed by atoms with Gasteiger partial charge in [-0.1, -0.05) is 41.5 Å². The fraction of sp³-hybridized carbons (Fsp3) is 1.00. The second kappa shape index (κ2) is 19.9. The molecule has 0 spiro atoms. The molecule has 0 amide bonds. The SMILES string of the molecule is COC(O)C(C)C.COC(O)C(C)C.COC(O)C(C)C.[Y]. The summed E-state index contributed by atoms with van der Waals surface area (Å²) in [6.07, 6.45) is -1.79. The average molecular weight is 401 g/mol. The molecule has 6 nitrogen and oxygen atoms in total. The monoisotopic (exact) mass is 401 g/mol. The van der Waals surface area contributed by atoms with Crippen LogP contribution in [0, 0.1) is 17.8 Å². The summed E-state index contributed by atoms with van der Waals surface area (Å²) in [6.45, 7) is 11.4. The van der Waals surface area contributed by atoms with Gasteiger partial charge in [-0.05, 0) is 0 Å². The van der Waals surface area contributed by atoms with Crippen molar-refractivity contribution in [1.82, 2.24) is 0 Å². The van der Waals surface area contributed by atoms with E-state index in [2.05, 4.69) is 14.2 Å². The summed E-state index contributed by atoms with van der Waals surface area (Å²) in [7, 11) is 4.47. The Labute approximate surface area is 161 Å². The summed E-state index contributed by atoms with van der Waals surface area (Å²) in [4.78, 5) is 0. The molecular formula is C15H36O6Y. The molecular weight excluding hydrogens is 365 g/mol. The summed E-state index contributed by atoms with van der Waals surface area (Å²) in [5.74, 6) is 0.597. The largest absolute Gasteiger partial charge is 0.368 e. The molecule has 135 valence electrons. The molecule has 0 rings (SSSR count). The molecule has 0 bridgehead atoms. The smallest absolute Gasteiger partial charge is 0.156 e. The van der Waals surface area contributed by atoms with E-state index in [4.69, 9.17) is 15.3 Å². The van der Waals surface area contributed by atoms with E-state index in [-0.39, 0.29) is 50.5 Å². The van der Waals surface area contributed by atoms with Crippen LogP contribution < -0.4 is 0 Å². The predicted molar refractivity (Wildman–Crippen MR) is 83.6 cm³/mol. The minimum Gasteiger partial charge on any atom is -0.368 e. The third kappa shape index (κ3) is 23.1. The van der Waals surface area contributed by atoms with E-state index in [1.54, 1.807) is 0 Å². The predicted octanol–water partition coefficient (Wildman–Crippen LogP) is 1.82. The van der Waals surface area contributed by atoms with Crippen molar-refractivity contribution in [1.29, 1.82) is 0 Å². The molecule has 0 saturated heterocycles. The zero-order valence-electron chi connectivity index (χ0n) is 15.6. The molecule has 22 heavy (non-hydrogen) atoms. The number of hydrogen-bond donors (Lipinski definition) is 3. The first-order valence-corrected chi connectivity index (χ1v) is 7.17. The molecule has 3 atom stereocenters. The van der Waals surface area contributed by atoms with Gasteiger partial charge in [0.1, 0.15) is 0 Å². The Bertz CT molecular complexity index is 169. The van der Waals surface area contributed by atoms with Gasteiger partial charge in [0.05, 0.1) is 0 Å². The number of hydrogen-bond acceptors (Lipinski definition) is 6. The molecule has 0 aliphatic carbocycles. The number of aliphatic hydroxyl groups is 3. The summed E-state index contributed by atoms with van der Waals surface area (Å²) in [6, 6.07) is 0. The second-order valence-corrected chi connectivity index (χ2v) is 5.61. The van der Waals surface area contributed by atoms with Crippen LogP contribution >= 0.6 is 0 Å². The van der Waals surface area contributed by atoms with Gasteiger partial charge in [0, 0.05) is 71.8 Å². The molecule has 0 aromatic carbocycles. The van der Waals surface area contributed by atoms with Crippen LogP contribution in [-0.2, 0) is 46.9 Å². The van der Waals surface area contributed by atoms with Gasteiger partial charge in [-0.25, -0.2) is 0 Å². The van der Waals surface area contributed by atoms with E-state index in [0.717, 1.165) is 0 Å². The maximum atomic E-state index is 8.71. The van der Waals surface area contributed by atoms with Crippen molar-refractivity contribution in [3.05, 3.63) is 0 Å². The van der Waals surface area contributed by atoms with Crippen molar-refractivity contribution in [2.75, 3.05) is 21.3 Å². The third-order valence-electron chi connectivity index (χ3n) is 2.44. The molecule has 0 heterocycles. The topological polar surface area (TPSA) is 88.4 Å². The van der Waals surface area contributed by atoms with Crippen LogP contribution in [0.5, 0.6) is 0 Å². The molecule has 0 aromatic heterocycles. The normalized spacial score (nSPS) is 14.3. The van der Waals surface area contributed by atoms with Crippen molar-refractivity contribution in [3.8, 4) is 0 Å². The molecule has 0 saturated carbocycles. The van der Waals surface area contributed by atoms with E-state index < -0.39 is 18.9 Å². The van der Waals surface area contributed by atoms with Gasteiger partial charge in [-0.15, -0.1) is 0 Å². The van der Waals surface area contributed by atoms with Crippen LogP contribution in [0.1, 0.15) is 41.5 Å². The number of methoxy groups -OCH3 is 3. The zero-order chi connectivity index (χ0) is 17.6. The fourth-order valence-corrected chi connectivity index (χ4v) is 0.816. The molecule has 0 aromatic rings. The first-order valence-electron chi connectivity index (χ1n) is 7.17. The summed E-state index contributed by atoms with van der Waals surface area (Å²) in [5.41, 5.74) is 0. The Morgan fingerprint density at radius 3 is 0.636 bits per heavy atom. The minimum absolute atomic E-state index is 0. The summed E-state index contributed by atoms with van der Waals surface area (Å²) >= 11 is 0. The fourth-order valence-electron chi connectivity index (χ4n) is 0.816. The molecule has 0 aliphatic heterocycles. The Kier molecular flexibility index (Phi) is 27.8. The van der Waals surface area contributed by atoms with Gasteiger partial charge >= 0.3 is 0 Å². The Balaban J connectivity index is -0.000000108. The van der Waals surface area contributed by atoms with E-state index in [9.17, 15) is 0 Å². The van der Waals surface area contributed by atoms with Crippen LogP contribution in [0.25, 0.3) is 0 Å². The molecule has 7 heteroatoms. The van der Waals surface area contributed by atoms with E-state index >= 15 is 0 Å². The average Bonchev–Trinajstić information content (AvgIpc) is 2.45. The van der Waals surface area contributed by atoms with Crippen LogP contribution in [0.2, 0.25) is 0 Å². The quantitative estimate of drug-likeness (QED) is 0.589. The van der Waals surface area contributed by atoms with Crippen molar-refractivity contribution in [3.63, 3.8) is 0 Å². The molecule has 0 aliphatic rings. The first kappa shape index (κ1) is 30.7. The molecule has 1 radical (unpaired) electrons. The molecule has 3 N–H and O–H groups in total. The van der Waals surface area contributed by atoms with E-state index in [0.29, 0.717) is 0 Å². The Morgan fingerprint density at radius 1 is 0.500 bits per heavy atom. The van der Waals surface area contributed by atoms with Crippen molar-refractivity contribution in [2.24, 2.45) is 17.8 Å². The summed E-state index contributed by atoms with van der Waals surface area (Å²) < 4.78 is 13.7. The van der Waals surface area contributed by atoms with E-state index in [1.807, 2.05) is 41.5 Å². The number of aliphatic hydroxyl groups excluding tert-OH is 3. The first-order chi connectivity index (χ1) is 9.54. The van der Waals surface area contributed by atoms with Gasteiger partial charge in [-0.2, -0.15) is 0 Å². The van der Waals surface area contributed by atoms with Crippen LogP contribution in [0.15, 0.2) is 0 Å². The molecule has 0 fully saturated rings. The van der Waals surface area contributed by atoms with Crippen LogP contribution in [-0.4, -0.2) is 55.5 Å². The summed E-state index contributed by atoms with van der Waals surface area (Å²) in [5, 5.41) is 26.1. The Morgan fingerprint density at radius 2 is 0.636 bits per heavy atom. The van der Waals surface area contributed by atoms with Gasteiger partial charge in [0.15, 0.2) is 18.9 Å². The van der Waals surface area contributed by atoms with Crippen LogP contribution in [0.3, 0.4) is 0 Å². The minimum atomic E-state index is -0.597. The van der Waals surface area contributed by atoms with Crippen molar-refractivity contribution < 1.29 is 62.2 Å². The molecule has 3 unspecified atom stereocenters. The zero-order valence-corrected chi connectivity index (χ0v) is 18.4. The van der Waals surface area contributed by atoms with Gasteiger partial charge in [0.25, 0.3) is 0 Å². The number of ether oxygens (including phenoxy) is 3. The van der Waals surface area contributed by atoms with E-state index in [1.165, 1.54) is 21.3 Å². The third-order valence-corrected chi connectivity index (χ3v) is 2.44. The van der Waals surface area contributed by atoms with Crippen LogP contribution in [0.4, 0.5) is 0 Å². The Hall–Kier alpha value is 0.864.